The molecule has 0 spiro atoms. The lowest BCUT2D eigenvalue weighted by Crippen LogP contribution is -2.30. The van der Waals surface area contributed by atoms with Crippen molar-refractivity contribution >= 4 is 23.2 Å². The van der Waals surface area contributed by atoms with E-state index < -0.39 is 11.9 Å². The fourth-order valence-electron chi connectivity index (χ4n) is 3.79. The highest BCUT2D eigenvalue weighted by molar-refractivity contribution is 7.09. The van der Waals surface area contributed by atoms with Gasteiger partial charge in [-0.15, -0.1) is 11.3 Å². The van der Waals surface area contributed by atoms with E-state index in [-0.39, 0.29) is 11.8 Å². The number of amides is 1. The summed E-state index contributed by atoms with van der Waals surface area (Å²) in [7, 11) is 0. The van der Waals surface area contributed by atoms with Gasteiger partial charge < -0.3 is 10.0 Å². The minimum absolute atomic E-state index is 0.0992. The van der Waals surface area contributed by atoms with Gasteiger partial charge in [0.1, 0.15) is 5.69 Å². The third-order valence-corrected chi connectivity index (χ3v) is 6.29. The Morgan fingerprint density at radius 3 is 2.62 bits per heavy atom. The van der Waals surface area contributed by atoms with Crippen LogP contribution < -0.4 is 0 Å². The monoisotopic (exact) mass is 370 g/mol. The van der Waals surface area contributed by atoms with Crippen molar-refractivity contribution in [3.05, 3.63) is 51.5 Å². The zero-order valence-corrected chi connectivity index (χ0v) is 15.5. The fraction of sp³-hybridized carbons (Fsp3) is 0.450. The van der Waals surface area contributed by atoms with Crippen LogP contribution in [0.3, 0.4) is 0 Å². The highest BCUT2D eigenvalue weighted by atomic mass is 32.1. The summed E-state index contributed by atoms with van der Waals surface area (Å²) in [5, 5.41) is 12.2. The number of hydrogen-bond acceptors (Lipinski definition) is 4. The summed E-state index contributed by atoms with van der Waals surface area (Å²) in [4.78, 5) is 30.5. The maximum Gasteiger partial charge on any atom is 0.308 e. The molecule has 1 aromatic heterocycles. The minimum atomic E-state index is -0.782. The van der Waals surface area contributed by atoms with E-state index in [0.29, 0.717) is 31.1 Å². The molecule has 2 atom stereocenters. The zero-order chi connectivity index (χ0) is 18.3. The average Bonchev–Trinajstić information content (AvgIpc) is 3.19. The Kier molecular flexibility index (Phi) is 4.53. The quantitative estimate of drug-likeness (QED) is 0.877. The summed E-state index contributed by atoms with van der Waals surface area (Å²) in [6.45, 7) is 2.91. The van der Waals surface area contributed by atoms with E-state index in [1.165, 1.54) is 22.5 Å². The third kappa shape index (κ3) is 3.51. The lowest BCUT2D eigenvalue weighted by atomic mass is 9.92. The smallest absolute Gasteiger partial charge is 0.308 e. The van der Waals surface area contributed by atoms with Crippen LogP contribution in [0.4, 0.5) is 0 Å². The Labute approximate surface area is 156 Å². The first-order chi connectivity index (χ1) is 12.5. The first kappa shape index (κ1) is 17.2. The van der Waals surface area contributed by atoms with Crippen LogP contribution in [0.15, 0.2) is 29.6 Å². The number of aryl methyl sites for hydroxylation is 1. The number of hydrogen-bond donors (Lipinski definition) is 1. The second kappa shape index (κ2) is 6.83. The van der Waals surface area contributed by atoms with Crippen LogP contribution in [-0.4, -0.2) is 40.0 Å². The molecule has 4 rings (SSSR count). The third-order valence-electron chi connectivity index (χ3n) is 5.44. The molecule has 1 amide bonds. The van der Waals surface area contributed by atoms with Crippen molar-refractivity contribution in [2.24, 2.45) is 17.8 Å². The lowest BCUT2D eigenvalue weighted by molar-refractivity contribution is -0.142. The van der Waals surface area contributed by atoms with Crippen LogP contribution in [0, 0.1) is 24.7 Å². The number of aliphatic carboxylic acids is 1. The molecule has 1 saturated carbocycles. The number of benzene rings is 1. The van der Waals surface area contributed by atoms with E-state index in [0.717, 1.165) is 17.8 Å². The summed E-state index contributed by atoms with van der Waals surface area (Å²) in [5.41, 5.74) is 2.83. The second-order valence-corrected chi connectivity index (χ2v) is 8.39. The molecular formula is C20H22N2O3S. The Balaban J connectivity index is 1.44. The highest BCUT2D eigenvalue weighted by Crippen LogP contribution is 2.44. The second-order valence-electron chi connectivity index (χ2n) is 7.45. The summed E-state index contributed by atoms with van der Waals surface area (Å²) in [6.07, 6.45) is 2.89. The SMILES string of the molecule is Cc1ccc(Cc2nc(C(=O)N3C[C@H](C(=O)O)[C@@H](C4CC4)C3)cs2)cc1. The normalized spacial score (nSPS) is 22.6. The first-order valence-electron chi connectivity index (χ1n) is 9.03. The molecule has 0 bridgehead atoms. The molecule has 2 aliphatic rings. The Bertz CT molecular complexity index is 826. The molecule has 1 N–H and O–H groups in total. The molecule has 1 saturated heterocycles. The average molecular weight is 370 g/mol. The lowest BCUT2D eigenvalue weighted by Gasteiger charge is -2.14. The van der Waals surface area contributed by atoms with E-state index in [1.807, 2.05) is 0 Å². The maximum absolute atomic E-state index is 12.8. The van der Waals surface area contributed by atoms with Gasteiger partial charge in [-0.1, -0.05) is 29.8 Å². The van der Waals surface area contributed by atoms with Crippen LogP contribution in [0.25, 0.3) is 0 Å². The number of nitrogens with zero attached hydrogens (tertiary/aromatic N) is 2. The van der Waals surface area contributed by atoms with Gasteiger partial charge >= 0.3 is 5.97 Å². The Morgan fingerprint density at radius 2 is 1.96 bits per heavy atom. The number of aromatic nitrogens is 1. The van der Waals surface area contributed by atoms with Crippen LogP contribution >= 0.6 is 11.3 Å². The van der Waals surface area contributed by atoms with Crippen molar-refractivity contribution in [2.75, 3.05) is 13.1 Å². The molecular weight excluding hydrogens is 348 g/mol. The van der Waals surface area contributed by atoms with Crippen LogP contribution in [-0.2, 0) is 11.2 Å². The number of carboxylic acids is 1. The number of likely N-dealkylation sites (tertiary alicyclic amines) is 1. The van der Waals surface area contributed by atoms with Gasteiger partial charge in [-0.3, -0.25) is 9.59 Å². The van der Waals surface area contributed by atoms with E-state index in [9.17, 15) is 14.7 Å². The predicted molar refractivity (Wildman–Crippen MR) is 99.3 cm³/mol. The molecule has 26 heavy (non-hydrogen) atoms. The topological polar surface area (TPSA) is 70.5 Å². The molecule has 5 nitrogen and oxygen atoms in total. The number of carbonyl (C=O) groups is 2. The molecule has 1 aromatic carbocycles. The van der Waals surface area contributed by atoms with Gasteiger partial charge in [0, 0.05) is 24.9 Å². The van der Waals surface area contributed by atoms with Gasteiger partial charge in [0.25, 0.3) is 5.91 Å². The van der Waals surface area contributed by atoms with Gasteiger partial charge in [0.2, 0.25) is 0 Å². The van der Waals surface area contributed by atoms with Gasteiger partial charge in [0.05, 0.1) is 10.9 Å². The van der Waals surface area contributed by atoms with Gasteiger partial charge in [-0.25, -0.2) is 4.98 Å². The molecule has 136 valence electrons. The molecule has 6 heteroatoms. The fourth-order valence-corrected chi connectivity index (χ4v) is 4.59. The summed E-state index contributed by atoms with van der Waals surface area (Å²) in [6, 6.07) is 8.30. The molecule has 1 aliphatic carbocycles. The number of thiazole rings is 1. The van der Waals surface area contributed by atoms with Crippen molar-refractivity contribution in [2.45, 2.75) is 26.2 Å². The van der Waals surface area contributed by atoms with Crippen LogP contribution in [0.1, 0.15) is 39.5 Å². The summed E-state index contributed by atoms with van der Waals surface area (Å²) < 4.78 is 0. The molecule has 2 aromatic rings. The first-order valence-corrected chi connectivity index (χ1v) is 9.91. The largest absolute Gasteiger partial charge is 0.481 e. The number of rotatable bonds is 5. The van der Waals surface area contributed by atoms with Crippen molar-refractivity contribution in [3.8, 4) is 0 Å². The van der Waals surface area contributed by atoms with Crippen molar-refractivity contribution in [1.29, 1.82) is 0 Å². The molecule has 0 radical (unpaired) electrons. The predicted octanol–water partition coefficient (Wildman–Crippen LogP) is 3.23. The standard InChI is InChI=1S/C20H22N2O3S/c1-12-2-4-13(5-3-12)8-18-21-17(11-26-18)19(23)22-9-15(14-6-7-14)16(10-22)20(24)25/h2-5,11,14-16H,6-10H2,1H3,(H,24,25)/t15-,16+/m1/s1. The summed E-state index contributed by atoms with van der Waals surface area (Å²) >= 11 is 1.49. The van der Waals surface area contributed by atoms with Crippen molar-refractivity contribution in [3.63, 3.8) is 0 Å². The number of carbonyl (C=O) groups excluding carboxylic acids is 1. The van der Waals surface area contributed by atoms with Crippen molar-refractivity contribution in [1.82, 2.24) is 9.88 Å². The van der Waals surface area contributed by atoms with Gasteiger partial charge in [-0.2, -0.15) is 0 Å². The molecule has 0 unspecified atom stereocenters. The molecule has 2 fully saturated rings. The van der Waals surface area contributed by atoms with E-state index >= 15 is 0 Å². The maximum atomic E-state index is 12.8. The summed E-state index contributed by atoms with van der Waals surface area (Å²) in [5.74, 6) is -0.776. The highest BCUT2D eigenvalue weighted by Gasteiger charge is 2.47. The van der Waals surface area contributed by atoms with E-state index in [1.54, 1.807) is 10.3 Å². The zero-order valence-electron chi connectivity index (χ0n) is 14.7. The van der Waals surface area contributed by atoms with Crippen molar-refractivity contribution < 1.29 is 14.7 Å². The molecule has 1 aliphatic heterocycles. The Hall–Kier alpha value is -2.21. The van der Waals surface area contributed by atoms with Crippen LogP contribution in [0.5, 0.6) is 0 Å². The Morgan fingerprint density at radius 1 is 1.23 bits per heavy atom. The van der Waals surface area contributed by atoms with Gasteiger partial charge in [-0.05, 0) is 37.2 Å². The minimum Gasteiger partial charge on any atom is -0.481 e. The van der Waals surface area contributed by atoms with E-state index in [2.05, 4.69) is 36.2 Å². The number of carboxylic acid groups (broad SMARTS) is 1. The van der Waals surface area contributed by atoms with Gasteiger partial charge in [0.15, 0.2) is 0 Å². The van der Waals surface area contributed by atoms with E-state index in [4.69, 9.17) is 0 Å². The molecule has 2 heterocycles. The van der Waals surface area contributed by atoms with Crippen LogP contribution in [0.2, 0.25) is 0 Å².